The first kappa shape index (κ1) is 12.8. The van der Waals surface area contributed by atoms with E-state index in [2.05, 4.69) is 10.4 Å². The summed E-state index contributed by atoms with van der Waals surface area (Å²) in [4.78, 5) is 18.3. The Kier molecular flexibility index (Phi) is 3.78. The second-order valence-electron chi connectivity index (χ2n) is 4.45. The molecule has 1 unspecified atom stereocenters. The predicted octanol–water partition coefficient (Wildman–Crippen LogP) is 0.537. The summed E-state index contributed by atoms with van der Waals surface area (Å²) in [6.45, 7) is 5.57. The number of carbonyl (C=O) groups is 1. The van der Waals surface area contributed by atoms with E-state index in [0.717, 1.165) is 5.69 Å². The van der Waals surface area contributed by atoms with E-state index in [-0.39, 0.29) is 12.0 Å². The van der Waals surface area contributed by atoms with E-state index in [1.54, 1.807) is 17.2 Å². The third kappa shape index (κ3) is 2.60. The van der Waals surface area contributed by atoms with E-state index < -0.39 is 0 Å². The minimum Gasteiger partial charge on any atom is -0.375 e. The van der Waals surface area contributed by atoms with Crippen molar-refractivity contribution >= 4 is 11.6 Å². The number of anilines is 1. The number of nitrogen functional groups attached to an aromatic ring is 1. The van der Waals surface area contributed by atoms with E-state index in [1.165, 1.54) is 0 Å². The number of nitrogens with two attached hydrogens (primary N) is 1. The highest BCUT2D eigenvalue weighted by atomic mass is 16.5. The number of aromatic nitrogens is 1. The van der Waals surface area contributed by atoms with E-state index in [9.17, 15) is 4.79 Å². The van der Waals surface area contributed by atoms with Crippen molar-refractivity contribution in [2.45, 2.75) is 20.0 Å². The first-order chi connectivity index (χ1) is 8.61. The molecule has 98 valence electrons. The van der Waals surface area contributed by atoms with Gasteiger partial charge in [0.05, 0.1) is 24.0 Å². The molecular formula is C12H18N4O2. The van der Waals surface area contributed by atoms with Crippen molar-refractivity contribution in [1.82, 2.24) is 9.88 Å². The molecule has 1 aromatic rings. The zero-order valence-electron chi connectivity index (χ0n) is 10.6. The van der Waals surface area contributed by atoms with Gasteiger partial charge in [0.1, 0.15) is 0 Å². The van der Waals surface area contributed by atoms with Gasteiger partial charge >= 0.3 is 0 Å². The van der Waals surface area contributed by atoms with Crippen molar-refractivity contribution in [1.29, 1.82) is 0 Å². The van der Waals surface area contributed by atoms with Crippen LogP contribution in [-0.4, -0.2) is 41.6 Å². The molecule has 6 nitrogen and oxygen atoms in total. The summed E-state index contributed by atoms with van der Waals surface area (Å²) in [5.41, 5.74) is 4.46. The monoisotopic (exact) mass is 250 g/mol. The van der Waals surface area contributed by atoms with Crippen LogP contribution in [0.15, 0.2) is 12.3 Å². The molecule has 1 aliphatic rings. The maximum atomic E-state index is 12.4. The Bertz CT molecular complexity index is 450. The molecular weight excluding hydrogens is 232 g/mol. The molecule has 1 aliphatic heterocycles. The number of hydrogen-bond donors (Lipinski definition) is 2. The molecule has 1 atom stereocenters. The lowest BCUT2D eigenvalue weighted by molar-refractivity contribution is -0.0124. The van der Waals surface area contributed by atoms with Crippen LogP contribution in [0.5, 0.6) is 0 Å². The molecule has 1 aromatic heterocycles. The standard InChI is InChI=1S/C12H18N4O2/c1-8-5-11(15-13)10(6-14-8)12(17)16-3-4-18-9(2)7-16/h5-6,9H,3-4,7,13H2,1-2H3,(H,14,15). The summed E-state index contributed by atoms with van der Waals surface area (Å²) in [7, 11) is 0. The summed E-state index contributed by atoms with van der Waals surface area (Å²) in [6, 6.07) is 1.76. The van der Waals surface area contributed by atoms with Gasteiger partial charge in [0.25, 0.3) is 5.91 Å². The number of carbonyl (C=O) groups excluding carboxylic acids is 1. The number of pyridine rings is 1. The van der Waals surface area contributed by atoms with Crippen LogP contribution in [0.3, 0.4) is 0 Å². The predicted molar refractivity (Wildman–Crippen MR) is 68.1 cm³/mol. The van der Waals surface area contributed by atoms with Gasteiger partial charge in [0.2, 0.25) is 0 Å². The summed E-state index contributed by atoms with van der Waals surface area (Å²) in [5, 5.41) is 0. The Morgan fingerprint density at radius 2 is 2.44 bits per heavy atom. The highest BCUT2D eigenvalue weighted by molar-refractivity contribution is 5.99. The van der Waals surface area contributed by atoms with Crippen LogP contribution in [0.2, 0.25) is 0 Å². The van der Waals surface area contributed by atoms with Gasteiger partial charge in [-0.15, -0.1) is 0 Å². The molecule has 3 N–H and O–H groups in total. The molecule has 1 saturated heterocycles. The molecule has 1 fully saturated rings. The van der Waals surface area contributed by atoms with Crippen LogP contribution < -0.4 is 11.3 Å². The van der Waals surface area contributed by atoms with E-state index in [4.69, 9.17) is 10.6 Å². The van der Waals surface area contributed by atoms with Gasteiger partial charge in [0.15, 0.2) is 0 Å². The molecule has 6 heteroatoms. The molecule has 2 heterocycles. The normalized spacial score (nSPS) is 19.7. The maximum absolute atomic E-state index is 12.4. The van der Waals surface area contributed by atoms with Crippen molar-refractivity contribution in [3.63, 3.8) is 0 Å². The number of ether oxygens (including phenoxy) is 1. The fourth-order valence-electron chi connectivity index (χ4n) is 2.02. The zero-order valence-corrected chi connectivity index (χ0v) is 10.6. The smallest absolute Gasteiger partial charge is 0.257 e. The molecule has 2 rings (SSSR count). The van der Waals surface area contributed by atoms with E-state index in [1.807, 2.05) is 13.8 Å². The lowest BCUT2D eigenvalue weighted by Crippen LogP contribution is -2.44. The second kappa shape index (κ2) is 5.32. The molecule has 18 heavy (non-hydrogen) atoms. The maximum Gasteiger partial charge on any atom is 0.257 e. The highest BCUT2D eigenvalue weighted by Gasteiger charge is 2.24. The Morgan fingerprint density at radius 1 is 1.67 bits per heavy atom. The Hall–Kier alpha value is -1.66. The minimum absolute atomic E-state index is 0.0643. The topological polar surface area (TPSA) is 80.5 Å². The lowest BCUT2D eigenvalue weighted by atomic mass is 10.1. The third-order valence-corrected chi connectivity index (χ3v) is 2.95. The van der Waals surface area contributed by atoms with Crippen LogP contribution >= 0.6 is 0 Å². The summed E-state index contributed by atoms with van der Waals surface area (Å²) >= 11 is 0. The van der Waals surface area contributed by atoms with Gasteiger partial charge < -0.3 is 15.1 Å². The van der Waals surface area contributed by atoms with Crippen LogP contribution in [0.25, 0.3) is 0 Å². The van der Waals surface area contributed by atoms with Gasteiger partial charge in [-0.05, 0) is 19.9 Å². The number of aryl methyl sites for hydroxylation is 1. The average Bonchev–Trinajstić information content (AvgIpc) is 2.37. The Balaban J connectivity index is 2.22. The molecule has 0 aliphatic carbocycles. The third-order valence-electron chi connectivity index (χ3n) is 2.95. The number of rotatable bonds is 2. The number of hydrazine groups is 1. The SMILES string of the molecule is Cc1cc(NN)c(C(=O)N2CCOC(C)C2)cn1. The first-order valence-corrected chi connectivity index (χ1v) is 5.96. The fourth-order valence-corrected chi connectivity index (χ4v) is 2.02. The summed E-state index contributed by atoms with van der Waals surface area (Å²) in [5.74, 6) is 5.38. The summed E-state index contributed by atoms with van der Waals surface area (Å²) < 4.78 is 5.42. The fraction of sp³-hybridized carbons (Fsp3) is 0.500. The molecule has 0 saturated carbocycles. The quantitative estimate of drug-likeness (QED) is 0.591. The number of hydrogen-bond acceptors (Lipinski definition) is 5. The molecule has 0 aromatic carbocycles. The van der Waals surface area contributed by atoms with Crippen LogP contribution in [0, 0.1) is 6.92 Å². The lowest BCUT2D eigenvalue weighted by Gasteiger charge is -2.31. The Morgan fingerprint density at radius 3 is 3.11 bits per heavy atom. The van der Waals surface area contributed by atoms with Crippen LogP contribution in [0.1, 0.15) is 23.0 Å². The second-order valence-corrected chi connectivity index (χ2v) is 4.45. The van der Waals surface area contributed by atoms with Gasteiger partial charge in [0, 0.05) is 25.0 Å². The van der Waals surface area contributed by atoms with Crippen LogP contribution in [-0.2, 0) is 4.74 Å². The number of nitrogens with one attached hydrogen (secondary N) is 1. The minimum atomic E-state index is -0.0643. The number of morpholine rings is 1. The van der Waals surface area contributed by atoms with Gasteiger partial charge in [-0.3, -0.25) is 15.6 Å². The molecule has 1 amide bonds. The first-order valence-electron chi connectivity index (χ1n) is 5.96. The number of amides is 1. The molecule has 0 radical (unpaired) electrons. The van der Waals surface area contributed by atoms with Gasteiger partial charge in [-0.2, -0.15) is 0 Å². The van der Waals surface area contributed by atoms with E-state index in [0.29, 0.717) is 30.9 Å². The van der Waals surface area contributed by atoms with E-state index >= 15 is 0 Å². The summed E-state index contributed by atoms with van der Waals surface area (Å²) in [6.07, 6.45) is 1.63. The van der Waals surface area contributed by atoms with Crippen molar-refractivity contribution in [2.24, 2.45) is 5.84 Å². The zero-order chi connectivity index (χ0) is 13.1. The van der Waals surface area contributed by atoms with Crippen molar-refractivity contribution in [3.8, 4) is 0 Å². The highest BCUT2D eigenvalue weighted by Crippen LogP contribution is 2.18. The molecule has 0 spiro atoms. The van der Waals surface area contributed by atoms with Crippen LogP contribution in [0.4, 0.5) is 5.69 Å². The van der Waals surface area contributed by atoms with Gasteiger partial charge in [-0.25, -0.2) is 0 Å². The van der Waals surface area contributed by atoms with Crippen molar-refractivity contribution in [3.05, 3.63) is 23.5 Å². The van der Waals surface area contributed by atoms with Crippen molar-refractivity contribution in [2.75, 3.05) is 25.1 Å². The largest absolute Gasteiger partial charge is 0.375 e. The average molecular weight is 250 g/mol. The number of nitrogens with zero attached hydrogens (tertiary/aromatic N) is 2. The van der Waals surface area contributed by atoms with Gasteiger partial charge in [-0.1, -0.05) is 0 Å². The molecule has 0 bridgehead atoms. The van der Waals surface area contributed by atoms with Crippen molar-refractivity contribution < 1.29 is 9.53 Å². The Labute approximate surface area is 106 Å².